The van der Waals surface area contributed by atoms with Crippen LogP contribution in [0, 0.1) is 0 Å². The molecule has 0 radical (unpaired) electrons. The van der Waals surface area contributed by atoms with Crippen molar-refractivity contribution in [1.29, 1.82) is 0 Å². The number of hydrogen-bond acceptors (Lipinski definition) is 2. The first kappa shape index (κ1) is 15.7. The molecular weight excluding hydrogens is 312 g/mol. The summed E-state index contributed by atoms with van der Waals surface area (Å²) in [5, 5.41) is 5.41. The van der Waals surface area contributed by atoms with Crippen LogP contribution in [0.25, 0.3) is 21.8 Å². The first-order chi connectivity index (χ1) is 10.8. The molecule has 1 saturated heterocycles. The van der Waals surface area contributed by atoms with Crippen molar-refractivity contribution in [3.05, 3.63) is 48.0 Å². The molecule has 1 fully saturated rings. The van der Waals surface area contributed by atoms with Gasteiger partial charge in [-0.3, -0.25) is 0 Å². The van der Waals surface area contributed by atoms with Crippen LogP contribution < -0.4 is 5.32 Å². The molecular formula is C18H19ClN2O2. The molecule has 3 aromatic rings. The van der Waals surface area contributed by atoms with Crippen LogP contribution in [-0.4, -0.2) is 17.3 Å². The molecule has 0 aliphatic carbocycles. The minimum atomic E-state index is -0.327. The number of aryl methyl sites for hydroxylation is 1. The Kier molecular flexibility index (Phi) is 4.18. The Morgan fingerprint density at radius 1 is 1.17 bits per heavy atom. The number of benzene rings is 2. The van der Waals surface area contributed by atoms with Gasteiger partial charge in [-0.1, -0.05) is 24.3 Å². The molecule has 2 aromatic carbocycles. The van der Waals surface area contributed by atoms with Crippen molar-refractivity contribution in [3.63, 3.8) is 0 Å². The number of nitrogens with zero attached hydrogens (tertiary/aromatic N) is 1. The van der Waals surface area contributed by atoms with Crippen molar-refractivity contribution in [2.75, 3.05) is 6.61 Å². The van der Waals surface area contributed by atoms with E-state index >= 15 is 0 Å². The molecule has 1 atom stereocenters. The van der Waals surface area contributed by atoms with E-state index in [4.69, 9.17) is 4.74 Å². The lowest BCUT2D eigenvalue weighted by Crippen LogP contribution is -2.35. The average Bonchev–Trinajstić information content (AvgIpc) is 2.88. The zero-order valence-corrected chi connectivity index (χ0v) is 13.7. The molecule has 4 nitrogen and oxygen atoms in total. The quantitative estimate of drug-likeness (QED) is 0.756. The third-order valence-electron chi connectivity index (χ3n) is 4.45. The molecule has 0 bridgehead atoms. The third-order valence-corrected chi connectivity index (χ3v) is 4.45. The Labute approximate surface area is 140 Å². The summed E-state index contributed by atoms with van der Waals surface area (Å²) in [4.78, 5) is 11.4. The second-order valence-electron chi connectivity index (χ2n) is 5.66. The highest BCUT2D eigenvalue weighted by atomic mass is 35.5. The number of alkyl carbamates (subject to hydrolysis) is 1. The molecule has 1 aliphatic rings. The number of hydrogen-bond donors (Lipinski definition) is 1. The monoisotopic (exact) mass is 330 g/mol. The Balaban J connectivity index is 0.00000156. The van der Waals surface area contributed by atoms with E-state index < -0.39 is 0 Å². The van der Waals surface area contributed by atoms with E-state index in [9.17, 15) is 4.79 Å². The molecule has 4 rings (SSSR count). The number of carbonyl (C=O) groups is 1. The maximum Gasteiger partial charge on any atom is 0.407 e. The van der Waals surface area contributed by atoms with E-state index in [0.717, 1.165) is 18.5 Å². The Morgan fingerprint density at radius 3 is 2.74 bits per heavy atom. The molecule has 0 saturated carbocycles. The lowest BCUT2D eigenvalue weighted by molar-refractivity contribution is 0.115. The topological polar surface area (TPSA) is 43.3 Å². The van der Waals surface area contributed by atoms with Crippen LogP contribution in [-0.2, 0) is 11.3 Å². The number of halogens is 1. The van der Waals surface area contributed by atoms with E-state index in [0.29, 0.717) is 6.61 Å². The summed E-state index contributed by atoms with van der Waals surface area (Å²) >= 11 is 0. The van der Waals surface area contributed by atoms with E-state index in [-0.39, 0.29) is 24.5 Å². The maximum absolute atomic E-state index is 11.4. The van der Waals surface area contributed by atoms with Crippen molar-refractivity contribution in [2.24, 2.45) is 0 Å². The average molecular weight is 331 g/mol. The molecule has 0 unspecified atom stereocenters. The molecule has 2 heterocycles. The van der Waals surface area contributed by atoms with Gasteiger partial charge in [0.1, 0.15) is 0 Å². The van der Waals surface area contributed by atoms with E-state index in [1.807, 2.05) is 0 Å². The van der Waals surface area contributed by atoms with Gasteiger partial charge in [0.05, 0.1) is 12.6 Å². The van der Waals surface area contributed by atoms with Crippen molar-refractivity contribution < 1.29 is 9.53 Å². The zero-order valence-electron chi connectivity index (χ0n) is 12.9. The molecule has 1 amide bonds. The van der Waals surface area contributed by atoms with Gasteiger partial charge in [0.2, 0.25) is 0 Å². The lowest BCUT2D eigenvalue weighted by Gasteiger charge is -2.23. The molecule has 1 aromatic heterocycles. The predicted molar refractivity (Wildman–Crippen MR) is 94.2 cm³/mol. The van der Waals surface area contributed by atoms with E-state index in [2.05, 4.69) is 59.3 Å². The van der Waals surface area contributed by atoms with Crippen molar-refractivity contribution in [3.8, 4) is 0 Å². The number of cyclic esters (lactones) is 1. The number of nitrogens with one attached hydrogen (secondary N) is 1. The van der Waals surface area contributed by atoms with Gasteiger partial charge in [0.15, 0.2) is 0 Å². The predicted octanol–water partition coefficient (Wildman–Crippen LogP) is 4.41. The van der Waals surface area contributed by atoms with Gasteiger partial charge in [-0.2, -0.15) is 0 Å². The van der Waals surface area contributed by atoms with Gasteiger partial charge in [-0.15, -0.1) is 12.4 Å². The molecule has 0 spiro atoms. The third kappa shape index (κ3) is 2.53. The van der Waals surface area contributed by atoms with Crippen LogP contribution in [0.1, 0.15) is 24.9 Å². The second-order valence-corrected chi connectivity index (χ2v) is 5.66. The fourth-order valence-corrected chi connectivity index (χ4v) is 3.40. The van der Waals surface area contributed by atoms with Crippen LogP contribution in [0.2, 0.25) is 0 Å². The van der Waals surface area contributed by atoms with Crippen LogP contribution in [0.5, 0.6) is 0 Å². The molecule has 23 heavy (non-hydrogen) atoms. The SMILES string of the molecule is CCn1c2ccccc2c2cc([C@H]3CCOC(=O)N3)ccc21.Cl. The van der Waals surface area contributed by atoms with Crippen LogP contribution in [0.4, 0.5) is 4.79 Å². The Morgan fingerprint density at radius 2 is 1.96 bits per heavy atom. The molecule has 1 aliphatic heterocycles. The highest BCUT2D eigenvalue weighted by Gasteiger charge is 2.21. The fourth-order valence-electron chi connectivity index (χ4n) is 3.40. The first-order valence-electron chi connectivity index (χ1n) is 7.72. The number of fused-ring (bicyclic) bond motifs is 3. The van der Waals surface area contributed by atoms with E-state index in [1.54, 1.807) is 0 Å². The van der Waals surface area contributed by atoms with Crippen LogP contribution >= 0.6 is 12.4 Å². The van der Waals surface area contributed by atoms with Gasteiger partial charge in [0, 0.05) is 34.8 Å². The number of carbonyl (C=O) groups excluding carboxylic acids is 1. The normalized spacial score (nSPS) is 17.6. The summed E-state index contributed by atoms with van der Waals surface area (Å²) in [6.07, 6.45) is 0.483. The number of para-hydroxylation sites is 1. The summed E-state index contributed by atoms with van der Waals surface area (Å²) in [5.41, 5.74) is 3.64. The number of aromatic nitrogens is 1. The van der Waals surface area contributed by atoms with Gasteiger partial charge < -0.3 is 14.6 Å². The van der Waals surface area contributed by atoms with Gasteiger partial charge >= 0.3 is 6.09 Å². The summed E-state index contributed by atoms with van der Waals surface area (Å²) in [6, 6.07) is 15.0. The van der Waals surface area contributed by atoms with Gasteiger partial charge in [-0.05, 0) is 30.7 Å². The molecule has 120 valence electrons. The molecule has 1 N–H and O–H groups in total. The van der Waals surface area contributed by atoms with Crippen molar-refractivity contribution in [2.45, 2.75) is 25.9 Å². The Hall–Kier alpha value is -2.20. The molecule has 5 heteroatoms. The van der Waals surface area contributed by atoms with Gasteiger partial charge in [0.25, 0.3) is 0 Å². The summed E-state index contributed by atoms with van der Waals surface area (Å²) in [5.74, 6) is 0. The fraction of sp³-hybridized carbons (Fsp3) is 0.278. The standard InChI is InChI=1S/C18H18N2O2.ClH/c1-2-20-16-6-4-3-5-13(16)14-11-12(7-8-17(14)20)15-9-10-22-18(21)19-15;/h3-8,11,15H,2,9-10H2,1H3,(H,19,21);1H/t15-;/m1./s1. The lowest BCUT2D eigenvalue weighted by atomic mass is 10.0. The van der Waals surface area contributed by atoms with Crippen molar-refractivity contribution >= 4 is 40.3 Å². The van der Waals surface area contributed by atoms with E-state index in [1.165, 1.54) is 21.8 Å². The number of ether oxygens (including phenoxy) is 1. The minimum absolute atomic E-state index is 0. The zero-order chi connectivity index (χ0) is 15.1. The smallest absolute Gasteiger partial charge is 0.407 e. The van der Waals surface area contributed by atoms with Crippen molar-refractivity contribution in [1.82, 2.24) is 9.88 Å². The summed E-state index contributed by atoms with van der Waals surface area (Å²) in [7, 11) is 0. The largest absolute Gasteiger partial charge is 0.449 e. The van der Waals surface area contributed by atoms with Crippen LogP contribution in [0.15, 0.2) is 42.5 Å². The summed E-state index contributed by atoms with van der Waals surface area (Å²) in [6.45, 7) is 3.58. The maximum atomic E-state index is 11.4. The highest BCUT2D eigenvalue weighted by Crippen LogP contribution is 2.32. The number of amides is 1. The van der Waals surface area contributed by atoms with Crippen LogP contribution in [0.3, 0.4) is 0 Å². The van der Waals surface area contributed by atoms with Gasteiger partial charge in [-0.25, -0.2) is 4.79 Å². The second kappa shape index (κ2) is 6.13. The highest BCUT2D eigenvalue weighted by molar-refractivity contribution is 6.08. The first-order valence-corrected chi connectivity index (χ1v) is 7.72. The number of rotatable bonds is 2. The minimum Gasteiger partial charge on any atom is -0.449 e. The Bertz CT molecular complexity index is 872. The summed E-state index contributed by atoms with van der Waals surface area (Å²) < 4.78 is 7.29.